The van der Waals surface area contributed by atoms with E-state index in [1.54, 1.807) is 43.6 Å². The van der Waals surface area contributed by atoms with Gasteiger partial charge in [-0.25, -0.2) is 9.37 Å². The standard InChI is InChI=1S/C17H14FN3OS/c1-11-21-15(16(23-11)13-6-2-3-7-14(13)18)17(22)20-10-12-5-4-8-19-9-12/h2-9H,10H2,1H3,(H,20,22). The van der Waals surface area contributed by atoms with Crippen LogP contribution in [0.2, 0.25) is 0 Å². The molecule has 6 heteroatoms. The summed E-state index contributed by atoms with van der Waals surface area (Å²) < 4.78 is 14.0. The fourth-order valence-electron chi connectivity index (χ4n) is 2.18. The Hall–Kier alpha value is -2.60. The summed E-state index contributed by atoms with van der Waals surface area (Å²) in [7, 11) is 0. The van der Waals surface area contributed by atoms with Crippen molar-refractivity contribution in [2.24, 2.45) is 0 Å². The third-order valence-corrected chi connectivity index (χ3v) is 4.25. The number of hydrogen-bond donors (Lipinski definition) is 1. The lowest BCUT2D eigenvalue weighted by atomic mass is 10.1. The van der Waals surface area contributed by atoms with Crippen LogP contribution in [-0.4, -0.2) is 15.9 Å². The van der Waals surface area contributed by atoms with Gasteiger partial charge in [-0.05, 0) is 24.6 Å². The van der Waals surface area contributed by atoms with Gasteiger partial charge in [0.05, 0.1) is 9.88 Å². The quantitative estimate of drug-likeness (QED) is 0.797. The number of nitrogens with zero attached hydrogens (tertiary/aromatic N) is 2. The smallest absolute Gasteiger partial charge is 0.271 e. The van der Waals surface area contributed by atoms with E-state index in [0.29, 0.717) is 17.0 Å². The first-order chi connectivity index (χ1) is 11.1. The van der Waals surface area contributed by atoms with Crippen LogP contribution in [0.15, 0.2) is 48.8 Å². The number of thiazole rings is 1. The highest BCUT2D eigenvalue weighted by atomic mass is 32.1. The molecule has 0 fully saturated rings. The Bertz CT molecular complexity index is 833. The first-order valence-electron chi connectivity index (χ1n) is 7.04. The van der Waals surface area contributed by atoms with E-state index in [4.69, 9.17) is 0 Å². The second-order valence-electron chi connectivity index (χ2n) is 4.93. The summed E-state index contributed by atoms with van der Waals surface area (Å²) in [4.78, 5) is 21.2. The molecule has 0 aliphatic carbocycles. The molecule has 0 unspecified atom stereocenters. The van der Waals surface area contributed by atoms with Crippen LogP contribution < -0.4 is 5.32 Å². The number of carbonyl (C=O) groups excluding carboxylic acids is 1. The van der Waals surface area contributed by atoms with Gasteiger partial charge in [-0.2, -0.15) is 0 Å². The van der Waals surface area contributed by atoms with E-state index in [0.717, 1.165) is 10.6 Å². The average molecular weight is 327 g/mol. The molecule has 0 saturated carbocycles. The van der Waals surface area contributed by atoms with E-state index in [1.165, 1.54) is 17.4 Å². The van der Waals surface area contributed by atoms with Crippen LogP contribution in [0, 0.1) is 12.7 Å². The van der Waals surface area contributed by atoms with Crippen LogP contribution in [0.4, 0.5) is 4.39 Å². The number of nitrogens with one attached hydrogen (secondary N) is 1. The maximum Gasteiger partial charge on any atom is 0.271 e. The van der Waals surface area contributed by atoms with Gasteiger partial charge in [0.15, 0.2) is 0 Å². The molecule has 116 valence electrons. The van der Waals surface area contributed by atoms with E-state index in [-0.39, 0.29) is 17.4 Å². The van der Waals surface area contributed by atoms with Gasteiger partial charge in [0, 0.05) is 24.5 Å². The summed E-state index contributed by atoms with van der Waals surface area (Å²) in [6.45, 7) is 2.15. The fourth-order valence-corrected chi connectivity index (χ4v) is 3.12. The second-order valence-corrected chi connectivity index (χ2v) is 6.14. The zero-order valence-corrected chi connectivity index (χ0v) is 13.2. The molecule has 0 spiro atoms. The van der Waals surface area contributed by atoms with Crippen LogP contribution in [-0.2, 0) is 6.54 Å². The van der Waals surface area contributed by atoms with Crippen LogP contribution >= 0.6 is 11.3 Å². The molecule has 1 N–H and O–H groups in total. The van der Waals surface area contributed by atoms with Crippen molar-refractivity contribution in [2.45, 2.75) is 13.5 Å². The number of aryl methyl sites for hydroxylation is 1. The van der Waals surface area contributed by atoms with Crippen molar-refractivity contribution in [3.8, 4) is 10.4 Å². The van der Waals surface area contributed by atoms with Crippen molar-refractivity contribution < 1.29 is 9.18 Å². The summed E-state index contributed by atoms with van der Waals surface area (Å²) >= 11 is 1.31. The van der Waals surface area contributed by atoms with Crippen molar-refractivity contribution in [2.75, 3.05) is 0 Å². The molecule has 2 aromatic heterocycles. The van der Waals surface area contributed by atoms with E-state index < -0.39 is 0 Å². The molecule has 2 heterocycles. The van der Waals surface area contributed by atoms with Crippen molar-refractivity contribution in [3.05, 3.63) is 70.9 Å². The molecule has 0 saturated heterocycles. The Kier molecular flexibility index (Phi) is 4.43. The number of amides is 1. The Morgan fingerprint density at radius 3 is 2.83 bits per heavy atom. The van der Waals surface area contributed by atoms with Crippen LogP contribution in [0.1, 0.15) is 21.1 Å². The summed E-state index contributed by atoms with van der Waals surface area (Å²) in [5.41, 5.74) is 1.53. The number of aromatic nitrogens is 2. The zero-order chi connectivity index (χ0) is 16.2. The molecule has 1 aromatic carbocycles. The third-order valence-electron chi connectivity index (χ3n) is 3.24. The highest BCUT2D eigenvalue weighted by Crippen LogP contribution is 2.31. The van der Waals surface area contributed by atoms with E-state index in [2.05, 4.69) is 15.3 Å². The van der Waals surface area contributed by atoms with E-state index >= 15 is 0 Å². The first kappa shape index (κ1) is 15.3. The van der Waals surface area contributed by atoms with E-state index in [1.807, 2.05) is 6.07 Å². The lowest BCUT2D eigenvalue weighted by molar-refractivity contribution is 0.0947. The number of benzene rings is 1. The lowest BCUT2D eigenvalue weighted by Crippen LogP contribution is -2.23. The highest BCUT2D eigenvalue weighted by Gasteiger charge is 2.20. The monoisotopic (exact) mass is 327 g/mol. The molecular formula is C17H14FN3OS. The van der Waals surface area contributed by atoms with Crippen molar-refractivity contribution in [1.82, 2.24) is 15.3 Å². The highest BCUT2D eigenvalue weighted by molar-refractivity contribution is 7.15. The molecule has 0 aliphatic heterocycles. The molecule has 23 heavy (non-hydrogen) atoms. The minimum atomic E-state index is -0.363. The largest absolute Gasteiger partial charge is 0.347 e. The first-order valence-corrected chi connectivity index (χ1v) is 7.86. The Morgan fingerprint density at radius 1 is 1.26 bits per heavy atom. The third kappa shape index (κ3) is 3.43. The van der Waals surface area contributed by atoms with E-state index in [9.17, 15) is 9.18 Å². The summed E-state index contributed by atoms with van der Waals surface area (Å²) in [5.74, 6) is -0.686. The van der Waals surface area contributed by atoms with Crippen molar-refractivity contribution in [1.29, 1.82) is 0 Å². The molecular weight excluding hydrogens is 313 g/mol. The molecule has 1 amide bonds. The summed E-state index contributed by atoms with van der Waals surface area (Å²) in [6, 6.07) is 10.1. The average Bonchev–Trinajstić information content (AvgIpc) is 2.96. The summed E-state index contributed by atoms with van der Waals surface area (Å²) in [5, 5.41) is 3.52. The molecule has 4 nitrogen and oxygen atoms in total. The predicted octanol–water partition coefficient (Wildman–Crippen LogP) is 3.58. The van der Waals surface area contributed by atoms with Gasteiger partial charge >= 0.3 is 0 Å². The van der Waals surface area contributed by atoms with Crippen LogP contribution in [0.3, 0.4) is 0 Å². The lowest BCUT2D eigenvalue weighted by Gasteiger charge is -2.06. The summed E-state index contributed by atoms with van der Waals surface area (Å²) in [6.07, 6.45) is 3.36. The maximum atomic E-state index is 14.0. The van der Waals surface area contributed by atoms with Crippen LogP contribution in [0.5, 0.6) is 0 Å². The number of halogens is 1. The maximum absolute atomic E-state index is 14.0. The van der Waals surface area contributed by atoms with Gasteiger partial charge in [0.1, 0.15) is 11.5 Å². The molecule has 0 atom stereocenters. The predicted molar refractivity (Wildman–Crippen MR) is 87.7 cm³/mol. The Morgan fingerprint density at radius 2 is 2.09 bits per heavy atom. The van der Waals surface area contributed by atoms with Crippen molar-refractivity contribution in [3.63, 3.8) is 0 Å². The second kappa shape index (κ2) is 6.66. The van der Waals surface area contributed by atoms with Gasteiger partial charge in [-0.15, -0.1) is 11.3 Å². The molecule has 3 aromatic rings. The SMILES string of the molecule is Cc1nc(C(=O)NCc2cccnc2)c(-c2ccccc2F)s1. The van der Waals surface area contributed by atoms with Gasteiger partial charge in [-0.3, -0.25) is 9.78 Å². The molecule has 0 aliphatic rings. The topological polar surface area (TPSA) is 54.9 Å². The number of pyridine rings is 1. The molecule has 0 radical (unpaired) electrons. The minimum absolute atomic E-state index is 0.251. The fraction of sp³-hybridized carbons (Fsp3) is 0.118. The molecule has 0 bridgehead atoms. The van der Waals surface area contributed by atoms with Gasteiger partial charge in [0.2, 0.25) is 0 Å². The molecule has 3 rings (SSSR count). The van der Waals surface area contributed by atoms with Gasteiger partial charge in [0.25, 0.3) is 5.91 Å². The zero-order valence-electron chi connectivity index (χ0n) is 12.4. The Labute approximate surface area is 137 Å². The normalized spacial score (nSPS) is 10.5. The minimum Gasteiger partial charge on any atom is -0.347 e. The van der Waals surface area contributed by atoms with Crippen molar-refractivity contribution >= 4 is 17.2 Å². The number of rotatable bonds is 4. The number of carbonyl (C=O) groups is 1. The number of hydrogen-bond acceptors (Lipinski definition) is 4. The Balaban J connectivity index is 1.85. The van der Waals surface area contributed by atoms with Crippen LogP contribution in [0.25, 0.3) is 10.4 Å². The van der Waals surface area contributed by atoms with Gasteiger partial charge in [-0.1, -0.05) is 24.3 Å². The van der Waals surface area contributed by atoms with Gasteiger partial charge < -0.3 is 5.32 Å².